The minimum Gasteiger partial charge on any atom is -0.0858 e. The maximum absolute atomic E-state index is 2.24. The Balaban J connectivity index is 3.28. The van der Waals surface area contributed by atoms with E-state index in [4.69, 9.17) is 0 Å². The second-order valence-corrected chi connectivity index (χ2v) is 3.02. The van der Waals surface area contributed by atoms with Crippen molar-refractivity contribution in [3.8, 4) is 0 Å². The molecule has 0 aromatic heterocycles. The van der Waals surface area contributed by atoms with E-state index < -0.39 is 0 Å². The SMILES string of the molecule is Bc1cc(C)c(C)cc1C. The van der Waals surface area contributed by atoms with Crippen molar-refractivity contribution >= 4 is 13.3 Å². The molecule has 52 valence electrons. The Labute approximate surface area is 63.7 Å². The first-order chi connectivity index (χ1) is 4.61. The first kappa shape index (κ1) is 7.39. The minimum atomic E-state index is 1.39. The van der Waals surface area contributed by atoms with Gasteiger partial charge in [0, 0.05) is 0 Å². The summed E-state index contributed by atoms with van der Waals surface area (Å²) in [6, 6.07) is 4.48. The van der Waals surface area contributed by atoms with Crippen LogP contribution < -0.4 is 5.46 Å². The van der Waals surface area contributed by atoms with Crippen LogP contribution in [0, 0.1) is 20.8 Å². The number of rotatable bonds is 0. The topological polar surface area (TPSA) is 0 Å². The van der Waals surface area contributed by atoms with Crippen LogP contribution in [0.3, 0.4) is 0 Å². The van der Waals surface area contributed by atoms with Crippen molar-refractivity contribution in [3.63, 3.8) is 0 Å². The third-order valence-corrected chi connectivity index (χ3v) is 2.11. The summed E-state index contributed by atoms with van der Waals surface area (Å²) in [6.07, 6.45) is 0. The molecular formula is C9H13B. The molecule has 1 rings (SSSR count). The van der Waals surface area contributed by atoms with Crippen LogP contribution in [-0.4, -0.2) is 7.85 Å². The molecule has 1 aromatic carbocycles. The van der Waals surface area contributed by atoms with Crippen LogP contribution in [-0.2, 0) is 0 Å². The zero-order valence-corrected chi connectivity index (χ0v) is 7.15. The molecule has 0 bridgehead atoms. The monoisotopic (exact) mass is 132 g/mol. The highest BCUT2D eigenvalue weighted by atomic mass is 14.0. The summed E-state index contributed by atoms with van der Waals surface area (Å²) in [6.45, 7) is 6.46. The van der Waals surface area contributed by atoms with Gasteiger partial charge in [-0.3, -0.25) is 0 Å². The lowest BCUT2D eigenvalue weighted by Crippen LogP contribution is -2.07. The highest BCUT2D eigenvalue weighted by Gasteiger charge is 1.95. The lowest BCUT2D eigenvalue weighted by Gasteiger charge is -2.04. The highest BCUT2D eigenvalue weighted by molar-refractivity contribution is 6.33. The van der Waals surface area contributed by atoms with E-state index in [1.807, 2.05) is 0 Å². The Morgan fingerprint density at radius 3 is 1.90 bits per heavy atom. The average Bonchev–Trinajstić information content (AvgIpc) is 1.84. The molecule has 0 amide bonds. The molecule has 0 saturated carbocycles. The van der Waals surface area contributed by atoms with Gasteiger partial charge >= 0.3 is 0 Å². The van der Waals surface area contributed by atoms with Gasteiger partial charge in [0.2, 0.25) is 0 Å². The molecule has 10 heavy (non-hydrogen) atoms. The molecule has 0 heterocycles. The number of hydrogen-bond donors (Lipinski definition) is 0. The van der Waals surface area contributed by atoms with Crippen LogP contribution in [0.2, 0.25) is 0 Å². The Bertz CT molecular complexity index is 201. The van der Waals surface area contributed by atoms with E-state index in [9.17, 15) is 0 Å². The number of hydrogen-bond acceptors (Lipinski definition) is 0. The maximum Gasteiger partial charge on any atom is 0.139 e. The van der Waals surface area contributed by atoms with Crippen molar-refractivity contribution in [2.75, 3.05) is 0 Å². The summed E-state index contributed by atoms with van der Waals surface area (Å²) in [5.41, 5.74) is 5.57. The van der Waals surface area contributed by atoms with Crippen LogP contribution in [0.5, 0.6) is 0 Å². The lowest BCUT2D eigenvalue weighted by molar-refractivity contribution is 1.32. The standard InChI is InChI=1S/C9H13B/c1-6-4-8(3)9(10)5-7(6)2/h4-5H,10H2,1-3H3. The fourth-order valence-corrected chi connectivity index (χ4v) is 1.10. The molecule has 0 N–H and O–H groups in total. The summed E-state index contributed by atoms with van der Waals surface area (Å²) >= 11 is 0. The molecule has 0 aliphatic rings. The molecule has 0 atom stereocenters. The van der Waals surface area contributed by atoms with Gasteiger partial charge in [-0.25, -0.2) is 0 Å². The predicted octanol–water partition coefficient (Wildman–Crippen LogP) is 0.870. The summed E-state index contributed by atoms with van der Waals surface area (Å²) in [5, 5.41) is 0. The minimum absolute atomic E-state index is 1.39. The van der Waals surface area contributed by atoms with E-state index in [2.05, 4.69) is 40.8 Å². The van der Waals surface area contributed by atoms with Crippen LogP contribution in [0.25, 0.3) is 0 Å². The zero-order chi connectivity index (χ0) is 7.72. The van der Waals surface area contributed by atoms with E-state index in [-0.39, 0.29) is 0 Å². The van der Waals surface area contributed by atoms with Gasteiger partial charge in [-0.05, 0) is 31.9 Å². The van der Waals surface area contributed by atoms with E-state index in [1.165, 1.54) is 22.2 Å². The van der Waals surface area contributed by atoms with Crippen LogP contribution in [0.15, 0.2) is 12.1 Å². The van der Waals surface area contributed by atoms with Gasteiger partial charge in [0.05, 0.1) is 0 Å². The van der Waals surface area contributed by atoms with Gasteiger partial charge in [-0.15, -0.1) is 0 Å². The molecule has 0 aliphatic heterocycles. The number of aryl methyl sites for hydroxylation is 3. The van der Waals surface area contributed by atoms with Gasteiger partial charge in [0.15, 0.2) is 0 Å². The van der Waals surface area contributed by atoms with Gasteiger partial charge < -0.3 is 0 Å². The van der Waals surface area contributed by atoms with Gasteiger partial charge in [-0.2, -0.15) is 0 Å². The van der Waals surface area contributed by atoms with Crippen molar-refractivity contribution in [1.29, 1.82) is 0 Å². The molecule has 0 fully saturated rings. The van der Waals surface area contributed by atoms with Gasteiger partial charge in [0.1, 0.15) is 7.85 Å². The van der Waals surface area contributed by atoms with Crippen molar-refractivity contribution in [1.82, 2.24) is 0 Å². The number of benzene rings is 1. The van der Waals surface area contributed by atoms with Crippen LogP contribution in [0.4, 0.5) is 0 Å². The fraction of sp³-hybridized carbons (Fsp3) is 0.333. The Morgan fingerprint density at radius 1 is 0.900 bits per heavy atom. The molecule has 0 aliphatic carbocycles. The Morgan fingerprint density at radius 2 is 1.40 bits per heavy atom. The maximum atomic E-state index is 2.24. The summed E-state index contributed by atoms with van der Waals surface area (Å²) in [7, 11) is 2.15. The van der Waals surface area contributed by atoms with E-state index in [0.29, 0.717) is 0 Å². The fourth-order valence-electron chi connectivity index (χ4n) is 1.10. The second-order valence-electron chi connectivity index (χ2n) is 3.02. The molecule has 0 spiro atoms. The molecule has 0 saturated heterocycles. The van der Waals surface area contributed by atoms with Gasteiger partial charge in [0.25, 0.3) is 0 Å². The molecule has 0 unspecified atom stereocenters. The summed E-state index contributed by atoms with van der Waals surface area (Å²) < 4.78 is 0. The van der Waals surface area contributed by atoms with Crippen molar-refractivity contribution in [3.05, 3.63) is 28.8 Å². The molecule has 1 heteroatoms. The smallest absolute Gasteiger partial charge is 0.0858 e. The quantitative estimate of drug-likeness (QED) is 0.459. The van der Waals surface area contributed by atoms with E-state index in [0.717, 1.165) is 0 Å². The highest BCUT2D eigenvalue weighted by Crippen LogP contribution is 2.05. The van der Waals surface area contributed by atoms with Crippen molar-refractivity contribution in [2.45, 2.75) is 20.8 Å². The van der Waals surface area contributed by atoms with Crippen LogP contribution >= 0.6 is 0 Å². The van der Waals surface area contributed by atoms with E-state index in [1.54, 1.807) is 0 Å². The molecular weight excluding hydrogens is 119 g/mol. The second kappa shape index (κ2) is 2.49. The Kier molecular flexibility index (Phi) is 1.84. The van der Waals surface area contributed by atoms with E-state index >= 15 is 0 Å². The normalized spacial score (nSPS) is 9.90. The zero-order valence-electron chi connectivity index (χ0n) is 7.15. The third-order valence-electron chi connectivity index (χ3n) is 2.11. The molecule has 0 radical (unpaired) electrons. The molecule has 1 aromatic rings. The van der Waals surface area contributed by atoms with Gasteiger partial charge in [-0.1, -0.05) is 23.2 Å². The summed E-state index contributed by atoms with van der Waals surface area (Å²) in [4.78, 5) is 0. The van der Waals surface area contributed by atoms with Crippen molar-refractivity contribution in [2.24, 2.45) is 0 Å². The first-order valence-electron chi connectivity index (χ1n) is 3.65. The Hall–Kier alpha value is -0.715. The first-order valence-corrected chi connectivity index (χ1v) is 3.65. The third kappa shape index (κ3) is 1.23. The van der Waals surface area contributed by atoms with Crippen LogP contribution in [0.1, 0.15) is 16.7 Å². The average molecular weight is 132 g/mol. The molecule has 0 nitrogen and oxygen atoms in total. The largest absolute Gasteiger partial charge is 0.139 e. The predicted molar refractivity (Wildman–Crippen MR) is 48.8 cm³/mol. The summed E-state index contributed by atoms with van der Waals surface area (Å²) in [5.74, 6) is 0. The lowest BCUT2D eigenvalue weighted by atomic mass is 9.88. The van der Waals surface area contributed by atoms with Crippen molar-refractivity contribution < 1.29 is 0 Å².